The largest absolute Gasteiger partial charge is 0.519 e. The van der Waals surface area contributed by atoms with Crippen molar-refractivity contribution in [3.05, 3.63) is 194 Å². The van der Waals surface area contributed by atoms with Crippen LogP contribution in [-0.4, -0.2) is 35.0 Å². The molecule has 0 fully saturated rings. The van der Waals surface area contributed by atoms with Crippen LogP contribution in [0.15, 0.2) is 194 Å². The van der Waals surface area contributed by atoms with E-state index < -0.39 is 0 Å². The Kier molecular flexibility index (Phi) is 6.19. The van der Waals surface area contributed by atoms with Gasteiger partial charge in [0.1, 0.15) is 0 Å². The van der Waals surface area contributed by atoms with Crippen molar-refractivity contribution < 1.29 is 0 Å². The van der Waals surface area contributed by atoms with Crippen LogP contribution < -0.4 is 14.4 Å². The van der Waals surface area contributed by atoms with Crippen LogP contribution in [0.1, 0.15) is 0 Å². The van der Waals surface area contributed by atoms with E-state index in [4.69, 9.17) is 9.97 Å². The summed E-state index contributed by atoms with van der Waals surface area (Å²) in [7, 11) is -0.150. The van der Waals surface area contributed by atoms with Crippen LogP contribution in [-0.2, 0) is 0 Å². The Morgan fingerprint density at radius 2 is 0.750 bits per heavy atom. The first-order chi connectivity index (χ1) is 29.8. The summed E-state index contributed by atoms with van der Waals surface area (Å²) in [5.41, 5.74) is 17.4. The highest BCUT2D eigenvalue weighted by Crippen LogP contribution is 2.55. The van der Waals surface area contributed by atoms with E-state index in [0.717, 1.165) is 84.1 Å². The molecule has 0 amide bonds. The van der Waals surface area contributed by atoms with Gasteiger partial charge in [-0.15, -0.1) is 0 Å². The van der Waals surface area contributed by atoms with Crippen LogP contribution in [0.3, 0.4) is 0 Å². The lowest BCUT2D eigenvalue weighted by Gasteiger charge is -2.31. The van der Waals surface area contributed by atoms with Gasteiger partial charge in [-0.3, -0.25) is 17.9 Å². The van der Waals surface area contributed by atoms with Crippen LogP contribution in [0.25, 0.3) is 67.1 Å². The summed E-state index contributed by atoms with van der Waals surface area (Å²) < 4.78 is 9.18. The number of aromatic nitrogens is 6. The Morgan fingerprint density at radius 3 is 1.40 bits per heavy atom. The van der Waals surface area contributed by atoms with E-state index in [-0.39, 0.29) is 7.12 Å². The predicted octanol–water partition coefficient (Wildman–Crippen LogP) is 11.6. The number of rotatable bonds is 4. The highest BCUT2D eigenvalue weighted by atomic mass is 15.4. The van der Waals surface area contributed by atoms with Gasteiger partial charge in [0, 0.05) is 11.4 Å². The second kappa shape index (κ2) is 11.7. The van der Waals surface area contributed by atoms with Crippen molar-refractivity contribution in [2.45, 2.75) is 0 Å². The molecule has 0 spiro atoms. The highest BCUT2D eigenvalue weighted by Gasteiger charge is 2.53. The van der Waals surface area contributed by atoms with E-state index in [1.807, 2.05) is 0 Å². The molecule has 0 bridgehead atoms. The van der Waals surface area contributed by atoms with Gasteiger partial charge in [0.2, 0.25) is 11.6 Å². The molecule has 4 aromatic heterocycles. The van der Waals surface area contributed by atoms with Crippen molar-refractivity contribution in [1.82, 2.24) is 27.9 Å². The maximum atomic E-state index is 5.32. The van der Waals surface area contributed by atoms with Gasteiger partial charge < -0.3 is 14.4 Å². The van der Waals surface area contributed by atoms with Gasteiger partial charge in [-0.2, -0.15) is 0 Å². The van der Waals surface area contributed by atoms with Crippen molar-refractivity contribution in [2.24, 2.45) is 0 Å². The highest BCUT2D eigenvalue weighted by molar-refractivity contribution is 6.80. The van der Waals surface area contributed by atoms with Gasteiger partial charge in [-0.05, 0) is 109 Å². The first-order valence-corrected chi connectivity index (χ1v) is 20.3. The first kappa shape index (κ1) is 31.8. The maximum Gasteiger partial charge on any atom is 0.519 e. The van der Waals surface area contributed by atoms with Gasteiger partial charge in [-0.25, -0.2) is 9.97 Å². The Balaban J connectivity index is 0.991. The second-order valence-electron chi connectivity index (χ2n) is 15.6. The van der Waals surface area contributed by atoms with E-state index in [0.29, 0.717) is 0 Å². The molecule has 0 N–H and O–H groups in total. The maximum absolute atomic E-state index is 5.32. The lowest BCUT2D eigenvalue weighted by molar-refractivity contribution is 1.10. The summed E-state index contributed by atoms with van der Waals surface area (Å²) in [5.74, 6) is 1.74. The number of benzene rings is 8. The van der Waals surface area contributed by atoms with Gasteiger partial charge >= 0.3 is 7.12 Å². The molecule has 0 aliphatic carbocycles. The number of fused-ring (bicyclic) bond motifs is 15. The standard InChI is InChI=1S/C50H32BN9/c1-2-15-33(16-3-1)58-44-25-10-12-27-46(44)60-47-28-13-11-26-45(47)59(51(58)60)36-18-14-17-34(31-36)54-43-30-29-35(32-48(43)57-40-22-7-5-20-38(40)53-50(54)57)55-41-23-8-9-24-42(41)56-39-21-6-4-19-37(39)52-49(55)56/h1-32H. The molecule has 0 saturated heterocycles. The minimum atomic E-state index is -0.150. The zero-order valence-electron chi connectivity index (χ0n) is 32.1. The molecule has 9 nitrogen and oxygen atoms in total. The van der Waals surface area contributed by atoms with E-state index in [9.17, 15) is 0 Å². The van der Waals surface area contributed by atoms with Crippen molar-refractivity contribution in [1.29, 1.82) is 0 Å². The fourth-order valence-electron chi connectivity index (χ4n) is 10.0. The molecule has 60 heavy (non-hydrogen) atoms. The fourth-order valence-corrected chi connectivity index (χ4v) is 10.0. The molecule has 0 unspecified atom stereocenters. The van der Waals surface area contributed by atoms with Crippen LogP contribution in [0.2, 0.25) is 0 Å². The van der Waals surface area contributed by atoms with E-state index in [2.05, 4.69) is 226 Å². The third kappa shape index (κ3) is 4.11. The summed E-state index contributed by atoms with van der Waals surface area (Å²) in [6, 6.07) is 69.3. The van der Waals surface area contributed by atoms with Crippen LogP contribution in [0.4, 0.5) is 34.1 Å². The zero-order valence-corrected chi connectivity index (χ0v) is 32.1. The lowest BCUT2D eigenvalue weighted by Crippen LogP contribution is -2.51. The average Bonchev–Trinajstić information content (AvgIpc) is 4.13. The molecule has 8 aromatic carbocycles. The Bertz CT molecular complexity index is 3710. The normalized spacial score (nSPS) is 13.5. The lowest BCUT2D eigenvalue weighted by atomic mass is 9.86. The van der Waals surface area contributed by atoms with Crippen LogP contribution in [0, 0.1) is 0 Å². The zero-order chi connectivity index (χ0) is 39.1. The van der Waals surface area contributed by atoms with E-state index >= 15 is 0 Å². The van der Waals surface area contributed by atoms with Gasteiger partial charge in [0.05, 0.1) is 78.3 Å². The molecule has 2 aliphatic heterocycles. The van der Waals surface area contributed by atoms with Gasteiger partial charge in [0.25, 0.3) is 0 Å². The fraction of sp³-hybridized carbons (Fsp3) is 0. The van der Waals surface area contributed by atoms with Crippen LogP contribution >= 0.6 is 0 Å². The number of hydrogen-bond donors (Lipinski definition) is 0. The van der Waals surface area contributed by atoms with Crippen LogP contribution in [0.5, 0.6) is 0 Å². The first-order valence-electron chi connectivity index (χ1n) is 20.3. The summed E-state index contributed by atoms with van der Waals surface area (Å²) in [6.45, 7) is 0. The quantitative estimate of drug-likeness (QED) is 0.167. The summed E-state index contributed by atoms with van der Waals surface area (Å²) in [6.07, 6.45) is 0. The molecule has 280 valence electrons. The van der Waals surface area contributed by atoms with E-state index in [1.54, 1.807) is 0 Å². The smallest absolute Gasteiger partial charge is 0.344 e. The number of imidazole rings is 4. The third-order valence-electron chi connectivity index (χ3n) is 12.4. The second-order valence-corrected chi connectivity index (χ2v) is 15.6. The van der Waals surface area contributed by atoms with Crippen molar-refractivity contribution in [3.8, 4) is 11.4 Å². The molecule has 0 atom stereocenters. The molecule has 10 heteroatoms. The summed E-state index contributed by atoms with van der Waals surface area (Å²) >= 11 is 0. The molecule has 0 radical (unpaired) electrons. The van der Waals surface area contributed by atoms with Gasteiger partial charge in [0.15, 0.2) is 0 Å². The number of hydrogen-bond acceptors (Lipinski definition) is 5. The molecule has 2 aliphatic rings. The van der Waals surface area contributed by atoms with Gasteiger partial charge in [-0.1, -0.05) is 84.9 Å². The number of nitrogens with zero attached hydrogens (tertiary/aromatic N) is 9. The SMILES string of the molecule is c1ccc(N2B3N(c4cccc(-n5c6ccc(-n7c8ccccc8n8c9ccccc9nc78)cc6n6c7ccccc7nc56)c4)c4ccccc4N3c3ccccc32)cc1. The summed E-state index contributed by atoms with van der Waals surface area (Å²) in [5, 5.41) is 0. The van der Waals surface area contributed by atoms with Crippen molar-refractivity contribution in [2.75, 3.05) is 14.4 Å². The van der Waals surface area contributed by atoms with E-state index in [1.165, 1.54) is 17.1 Å². The topological polar surface area (TPSA) is 54.2 Å². The minimum Gasteiger partial charge on any atom is -0.344 e. The molecular weight excluding hydrogens is 737 g/mol. The average molecular weight is 770 g/mol. The Morgan fingerprint density at radius 1 is 0.300 bits per heavy atom. The minimum absolute atomic E-state index is 0.150. The Hall–Kier alpha value is -8.24. The Labute approximate surface area is 343 Å². The molecule has 12 aromatic rings. The van der Waals surface area contributed by atoms with Crippen molar-refractivity contribution >= 4 is 96.9 Å². The monoisotopic (exact) mass is 769 g/mol. The number of para-hydroxylation sites is 11. The molecule has 6 heterocycles. The predicted molar refractivity (Wildman–Crippen MR) is 244 cm³/mol. The van der Waals surface area contributed by atoms with Crippen molar-refractivity contribution in [3.63, 3.8) is 0 Å². The summed E-state index contributed by atoms with van der Waals surface area (Å²) in [4.78, 5) is 17.9. The molecule has 0 saturated carbocycles. The number of anilines is 6. The third-order valence-corrected chi connectivity index (χ3v) is 12.4. The molecular formula is C50H32BN9. The molecule has 14 rings (SSSR count).